The summed E-state index contributed by atoms with van der Waals surface area (Å²) in [7, 11) is 0. The van der Waals surface area contributed by atoms with Crippen molar-refractivity contribution in [2.24, 2.45) is 5.92 Å². The fourth-order valence-corrected chi connectivity index (χ4v) is 1.07. The lowest BCUT2D eigenvalue weighted by Crippen LogP contribution is -2.09. The molecule has 4 heteroatoms. The zero-order chi connectivity index (χ0) is 11.4. The fourth-order valence-electron chi connectivity index (χ4n) is 1.07. The minimum atomic E-state index is -1.01. The monoisotopic (exact) mass is 209 g/mol. The highest BCUT2D eigenvalue weighted by Crippen LogP contribution is 2.19. The van der Waals surface area contributed by atoms with E-state index in [0.29, 0.717) is 18.3 Å². The molecule has 0 bridgehead atoms. The lowest BCUT2D eigenvalue weighted by atomic mass is 10.2. The summed E-state index contributed by atoms with van der Waals surface area (Å²) in [5, 5.41) is 8.90. The lowest BCUT2D eigenvalue weighted by molar-refractivity contribution is 0.0691. The Morgan fingerprint density at radius 2 is 2.27 bits per heavy atom. The molecule has 0 unspecified atom stereocenters. The second kappa shape index (κ2) is 4.77. The number of aromatic nitrogens is 1. The summed E-state index contributed by atoms with van der Waals surface area (Å²) < 4.78 is 5.42. The molecule has 0 atom stereocenters. The summed E-state index contributed by atoms with van der Waals surface area (Å²) in [6.07, 6.45) is 1.33. The van der Waals surface area contributed by atoms with Crippen LogP contribution in [-0.4, -0.2) is 22.7 Å². The Kier molecular flexibility index (Phi) is 3.66. The average Bonchev–Trinajstić information content (AvgIpc) is 2.14. The zero-order valence-electron chi connectivity index (χ0n) is 9.15. The quantitative estimate of drug-likeness (QED) is 0.825. The summed E-state index contributed by atoms with van der Waals surface area (Å²) in [5.74, 6) is -0.259. The highest BCUT2D eigenvalue weighted by atomic mass is 16.5. The SMILES string of the molecule is Cc1cc(OCC(C)C)c(C(=O)O)cn1. The number of aryl methyl sites for hydroxylation is 1. The Morgan fingerprint density at radius 3 is 2.80 bits per heavy atom. The number of hydrogen-bond donors (Lipinski definition) is 1. The van der Waals surface area contributed by atoms with Crippen LogP contribution < -0.4 is 4.74 Å². The predicted octanol–water partition coefficient (Wildman–Crippen LogP) is 2.12. The zero-order valence-corrected chi connectivity index (χ0v) is 9.15. The predicted molar refractivity (Wildman–Crippen MR) is 56.3 cm³/mol. The van der Waals surface area contributed by atoms with E-state index in [2.05, 4.69) is 4.98 Å². The molecule has 82 valence electrons. The van der Waals surface area contributed by atoms with Gasteiger partial charge in [0.25, 0.3) is 0 Å². The van der Waals surface area contributed by atoms with Crippen LogP contribution in [0.25, 0.3) is 0 Å². The van der Waals surface area contributed by atoms with Gasteiger partial charge in [0.05, 0.1) is 6.61 Å². The maximum Gasteiger partial charge on any atom is 0.341 e. The van der Waals surface area contributed by atoms with E-state index in [1.165, 1.54) is 6.20 Å². The van der Waals surface area contributed by atoms with Crippen LogP contribution in [0.4, 0.5) is 0 Å². The highest BCUT2D eigenvalue weighted by Gasteiger charge is 2.12. The number of ether oxygens (including phenoxy) is 1. The van der Waals surface area contributed by atoms with Gasteiger partial charge in [-0.25, -0.2) is 4.79 Å². The first-order chi connectivity index (χ1) is 7.00. The molecule has 1 rings (SSSR count). The standard InChI is InChI=1S/C11H15NO3/c1-7(2)6-15-10-4-8(3)12-5-9(10)11(13)14/h4-5,7H,6H2,1-3H3,(H,13,14). The Balaban J connectivity index is 2.92. The highest BCUT2D eigenvalue weighted by molar-refractivity contribution is 5.90. The molecule has 0 aliphatic rings. The lowest BCUT2D eigenvalue weighted by Gasteiger charge is -2.11. The van der Waals surface area contributed by atoms with Crippen molar-refractivity contribution in [1.29, 1.82) is 0 Å². The van der Waals surface area contributed by atoms with Gasteiger partial charge in [0, 0.05) is 18.0 Å². The topological polar surface area (TPSA) is 59.4 Å². The van der Waals surface area contributed by atoms with E-state index < -0.39 is 5.97 Å². The number of carboxylic acid groups (broad SMARTS) is 1. The Bertz CT molecular complexity index is 361. The molecule has 1 heterocycles. The molecule has 0 spiro atoms. The Hall–Kier alpha value is -1.58. The maximum absolute atomic E-state index is 10.9. The van der Waals surface area contributed by atoms with E-state index in [1.807, 2.05) is 13.8 Å². The van der Waals surface area contributed by atoms with Gasteiger partial charge in [0.1, 0.15) is 11.3 Å². The molecule has 1 aromatic rings. The van der Waals surface area contributed by atoms with Gasteiger partial charge in [-0.1, -0.05) is 13.8 Å². The molecule has 0 aromatic carbocycles. The molecule has 1 N–H and O–H groups in total. The van der Waals surface area contributed by atoms with Crippen LogP contribution in [0.3, 0.4) is 0 Å². The van der Waals surface area contributed by atoms with Crippen LogP contribution in [0.5, 0.6) is 5.75 Å². The normalized spacial score (nSPS) is 10.4. The first kappa shape index (κ1) is 11.5. The number of nitrogens with zero attached hydrogens (tertiary/aromatic N) is 1. The summed E-state index contributed by atoms with van der Waals surface area (Å²) in [4.78, 5) is 14.8. The molecule has 4 nitrogen and oxygen atoms in total. The largest absolute Gasteiger partial charge is 0.492 e. The molecule has 0 amide bonds. The van der Waals surface area contributed by atoms with Gasteiger partial charge in [-0.05, 0) is 12.8 Å². The van der Waals surface area contributed by atoms with Gasteiger partial charge in [-0.3, -0.25) is 4.98 Å². The molecule has 0 fully saturated rings. The first-order valence-electron chi connectivity index (χ1n) is 4.83. The molecular formula is C11H15NO3. The number of aromatic carboxylic acids is 1. The van der Waals surface area contributed by atoms with Gasteiger partial charge in [0.15, 0.2) is 0 Å². The van der Waals surface area contributed by atoms with Gasteiger partial charge in [-0.2, -0.15) is 0 Å². The van der Waals surface area contributed by atoms with Crippen LogP contribution in [0, 0.1) is 12.8 Å². The number of pyridine rings is 1. The number of hydrogen-bond acceptors (Lipinski definition) is 3. The van der Waals surface area contributed by atoms with Crippen molar-refractivity contribution in [1.82, 2.24) is 4.98 Å². The smallest absolute Gasteiger partial charge is 0.341 e. The molecule has 0 saturated heterocycles. The first-order valence-corrected chi connectivity index (χ1v) is 4.83. The molecule has 0 saturated carbocycles. The average molecular weight is 209 g/mol. The van der Waals surface area contributed by atoms with Crippen molar-refractivity contribution in [2.75, 3.05) is 6.61 Å². The van der Waals surface area contributed by atoms with Crippen molar-refractivity contribution < 1.29 is 14.6 Å². The summed E-state index contributed by atoms with van der Waals surface area (Å²) in [5.41, 5.74) is 0.861. The van der Waals surface area contributed by atoms with Crippen LogP contribution in [0.1, 0.15) is 29.9 Å². The number of carboxylic acids is 1. The van der Waals surface area contributed by atoms with Crippen molar-refractivity contribution in [3.63, 3.8) is 0 Å². The van der Waals surface area contributed by atoms with Crippen LogP contribution >= 0.6 is 0 Å². The Morgan fingerprint density at radius 1 is 1.60 bits per heavy atom. The van der Waals surface area contributed by atoms with Gasteiger partial charge in [-0.15, -0.1) is 0 Å². The molecule has 1 aromatic heterocycles. The van der Waals surface area contributed by atoms with Gasteiger partial charge < -0.3 is 9.84 Å². The molecule has 0 aliphatic heterocycles. The van der Waals surface area contributed by atoms with E-state index in [9.17, 15) is 4.79 Å². The third-order valence-electron chi connectivity index (χ3n) is 1.81. The van der Waals surface area contributed by atoms with Crippen molar-refractivity contribution in [2.45, 2.75) is 20.8 Å². The molecule has 0 radical (unpaired) electrons. The second-order valence-corrected chi connectivity index (χ2v) is 3.83. The summed E-state index contributed by atoms with van der Waals surface area (Å²) in [6, 6.07) is 1.64. The number of rotatable bonds is 4. The summed E-state index contributed by atoms with van der Waals surface area (Å²) >= 11 is 0. The van der Waals surface area contributed by atoms with Gasteiger partial charge in [0.2, 0.25) is 0 Å². The van der Waals surface area contributed by atoms with E-state index in [0.717, 1.165) is 5.69 Å². The molecule has 15 heavy (non-hydrogen) atoms. The third kappa shape index (κ3) is 3.23. The van der Waals surface area contributed by atoms with Crippen molar-refractivity contribution in [3.8, 4) is 5.75 Å². The fraction of sp³-hybridized carbons (Fsp3) is 0.455. The maximum atomic E-state index is 10.9. The minimum absolute atomic E-state index is 0.112. The van der Waals surface area contributed by atoms with E-state index in [4.69, 9.17) is 9.84 Å². The van der Waals surface area contributed by atoms with Crippen LogP contribution in [0.15, 0.2) is 12.3 Å². The Labute approximate surface area is 88.9 Å². The van der Waals surface area contributed by atoms with Gasteiger partial charge >= 0.3 is 5.97 Å². The van der Waals surface area contributed by atoms with E-state index >= 15 is 0 Å². The minimum Gasteiger partial charge on any atom is -0.492 e. The summed E-state index contributed by atoms with van der Waals surface area (Å²) in [6.45, 7) is 6.32. The van der Waals surface area contributed by atoms with Crippen molar-refractivity contribution >= 4 is 5.97 Å². The van der Waals surface area contributed by atoms with Crippen molar-refractivity contribution in [3.05, 3.63) is 23.5 Å². The molecule has 0 aliphatic carbocycles. The number of carbonyl (C=O) groups is 1. The molecular weight excluding hydrogens is 194 g/mol. The third-order valence-corrected chi connectivity index (χ3v) is 1.81. The van der Waals surface area contributed by atoms with E-state index in [1.54, 1.807) is 13.0 Å². The van der Waals surface area contributed by atoms with Crippen LogP contribution in [-0.2, 0) is 0 Å². The second-order valence-electron chi connectivity index (χ2n) is 3.83. The van der Waals surface area contributed by atoms with Crippen LogP contribution in [0.2, 0.25) is 0 Å². The van der Waals surface area contributed by atoms with E-state index in [-0.39, 0.29) is 5.56 Å².